The minimum atomic E-state index is -4.35. The minimum absolute atomic E-state index is 0.00106. The van der Waals surface area contributed by atoms with Crippen LogP contribution in [0.1, 0.15) is 65.0 Å². The van der Waals surface area contributed by atoms with Gasteiger partial charge in [0.1, 0.15) is 6.04 Å². The molecule has 0 aromatic heterocycles. The molecule has 4 atom stereocenters. The second kappa shape index (κ2) is 10.8. The Morgan fingerprint density at radius 1 is 1.11 bits per heavy atom. The number of hydrogen-bond donors (Lipinski definition) is 3. The maximum atomic E-state index is 13.2. The number of carbonyl (C=O) groups is 2. The molecule has 2 aliphatic rings. The number of carbonyl (C=O) groups excluding carboxylic acids is 2. The first kappa shape index (κ1) is 27.3. The summed E-state index contributed by atoms with van der Waals surface area (Å²) >= 11 is 0. The Bertz CT molecular complexity index is 897. The Hall–Kier alpha value is -2.29. The molecule has 1 saturated heterocycles. The van der Waals surface area contributed by atoms with Crippen molar-refractivity contribution in [3.63, 3.8) is 0 Å². The highest BCUT2D eigenvalue weighted by Gasteiger charge is 2.43. The van der Waals surface area contributed by atoms with Gasteiger partial charge in [0.25, 0.3) is 0 Å². The van der Waals surface area contributed by atoms with Crippen LogP contribution < -0.4 is 16.0 Å². The van der Waals surface area contributed by atoms with E-state index in [0.717, 1.165) is 32.0 Å². The van der Waals surface area contributed by atoms with Gasteiger partial charge in [-0.2, -0.15) is 13.2 Å². The lowest BCUT2D eigenvalue weighted by Crippen LogP contribution is -2.55. The van der Waals surface area contributed by atoms with Crippen molar-refractivity contribution in [3.8, 4) is 0 Å². The average Bonchev–Trinajstić information content (AvgIpc) is 3.26. The van der Waals surface area contributed by atoms with Crippen LogP contribution in [-0.2, 0) is 17.5 Å². The lowest BCUT2D eigenvalue weighted by atomic mass is 9.97. The molecule has 196 valence electrons. The van der Waals surface area contributed by atoms with Crippen LogP contribution in [0.2, 0.25) is 0 Å². The monoisotopic (exact) mass is 496 g/mol. The molecule has 0 spiro atoms. The van der Waals surface area contributed by atoms with Gasteiger partial charge in [-0.25, -0.2) is 4.79 Å². The van der Waals surface area contributed by atoms with Crippen molar-refractivity contribution >= 4 is 11.9 Å². The second-order valence-corrected chi connectivity index (χ2v) is 11.5. The van der Waals surface area contributed by atoms with Gasteiger partial charge in [0, 0.05) is 31.2 Å². The van der Waals surface area contributed by atoms with Crippen LogP contribution in [0.5, 0.6) is 0 Å². The summed E-state index contributed by atoms with van der Waals surface area (Å²) in [5.41, 5.74) is -0.390. The summed E-state index contributed by atoms with van der Waals surface area (Å²) in [6, 6.07) is 4.51. The fourth-order valence-corrected chi connectivity index (χ4v) is 5.29. The Labute approximate surface area is 206 Å². The van der Waals surface area contributed by atoms with Gasteiger partial charge in [-0.15, -0.1) is 0 Å². The predicted molar refractivity (Wildman–Crippen MR) is 130 cm³/mol. The standard InChI is InChI=1S/C26H39F3N4O2/c1-16(2)11-22(31-24(35)32-25(3,4)5)23(34)30-21-10-9-18-14-33(15-20(18)21)13-17-7-6-8-19(12-17)26(27,28)29/h6-8,12,16,18,20-22H,9-11,13-15H2,1-5H3,(H,30,34)(H2,31,32,35)/t18-,20?,21?,22?/m0/s1. The van der Waals surface area contributed by atoms with Crippen LogP contribution in [-0.4, -0.2) is 47.6 Å². The highest BCUT2D eigenvalue weighted by Crippen LogP contribution is 2.39. The summed E-state index contributed by atoms with van der Waals surface area (Å²) in [5.74, 6) is 0.718. The molecule has 35 heavy (non-hydrogen) atoms. The first-order valence-electron chi connectivity index (χ1n) is 12.5. The zero-order chi connectivity index (χ0) is 26.0. The number of rotatable bonds is 7. The summed E-state index contributed by atoms with van der Waals surface area (Å²) in [6.45, 7) is 11.7. The number of amides is 3. The number of likely N-dealkylation sites (tertiary alicyclic amines) is 1. The molecule has 1 aliphatic carbocycles. The first-order chi connectivity index (χ1) is 16.2. The largest absolute Gasteiger partial charge is 0.416 e. The second-order valence-electron chi connectivity index (χ2n) is 11.5. The van der Waals surface area contributed by atoms with E-state index in [9.17, 15) is 22.8 Å². The molecule has 3 amide bonds. The third kappa shape index (κ3) is 7.85. The molecule has 1 aliphatic heterocycles. The molecule has 9 heteroatoms. The quantitative estimate of drug-likeness (QED) is 0.519. The fourth-order valence-electron chi connectivity index (χ4n) is 5.29. The van der Waals surface area contributed by atoms with E-state index in [1.165, 1.54) is 12.1 Å². The van der Waals surface area contributed by atoms with Gasteiger partial charge >= 0.3 is 12.2 Å². The van der Waals surface area contributed by atoms with Crippen molar-refractivity contribution in [3.05, 3.63) is 35.4 Å². The number of hydrogen-bond acceptors (Lipinski definition) is 3. The molecular formula is C26H39F3N4O2. The Morgan fingerprint density at radius 3 is 2.46 bits per heavy atom. The summed E-state index contributed by atoms with van der Waals surface area (Å²) in [7, 11) is 0. The highest BCUT2D eigenvalue weighted by atomic mass is 19.4. The normalized spacial score (nSPS) is 23.7. The number of alkyl halides is 3. The minimum Gasteiger partial charge on any atom is -0.351 e. The van der Waals surface area contributed by atoms with Crippen LogP contribution in [0.15, 0.2) is 24.3 Å². The smallest absolute Gasteiger partial charge is 0.351 e. The molecule has 3 N–H and O–H groups in total. The Morgan fingerprint density at radius 2 is 1.83 bits per heavy atom. The average molecular weight is 497 g/mol. The van der Waals surface area contributed by atoms with Crippen molar-refractivity contribution < 1.29 is 22.8 Å². The molecule has 0 bridgehead atoms. The molecule has 2 fully saturated rings. The third-order valence-corrected chi connectivity index (χ3v) is 6.74. The van der Waals surface area contributed by atoms with Gasteiger partial charge < -0.3 is 16.0 Å². The van der Waals surface area contributed by atoms with Gasteiger partial charge in [0.05, 0.1) is 5.56 Å². The lowest BCUT2D eigenvalue weighted by molar-refractivity contribution is -0.137. The first-order valence-corrected chi connectivity index (χ1v) is 12.5. The SMILES string of the molecule is CC(C)CC(NC(=O)NC(C)(C)C)C(=O)NC1CC[C@H]2CN(Cc3cccc(C(F)(F)F)c3)CC12. The van der Waals surface area contributed by atoms with Crippen molar-refractivity contribution in [2.75, 3.05) is 13.1 Å². The van der Waals surface area contributed by atoms with E-state index < -0.39 is 23.3 Å². The highest BCUT2D eigenvalue weighted by molar-refractivity contribution is 5.87. The van der Waals surface area contributed by atoms with Crippen molar-refractivity contribution in [1.29, 1.82) is 0 Å². The molecule has 1 aromatic carbocycles. The molecule has 1 aromatic rings. The molecule has 0 radical (unpaired) electrons. The number of halogens is 3. The fraction of sp³-hybridized carbons (Fsp3) is 0.692. The summed E-state index contributed by atoms with van der Waals surface area (Å²) in [6.07, 6.45) is -1.97. The summed E-state index contributed by atoms with van der Waals surface area (Å²) in [4.78, 5) is 27.7. The summed E-state index contributed by atoms with van der Waals surface area (Å²) in [5, 5.41) is 8.86. The van der Waals surface area contributed by atoms with E-state index in [4.69, 9.17) is 0 Å². The maximum absolute atomic E-state index is 13.2. The zero-order valence-electron chi connectivity index (χ0n) is 21.3. The van der Waals surface area contributed by atoms with Gasteiger partial charge in [0.15, 0.2) is 0 Å². The van der Waals surface area contributed by atoms with E-state index in [2.05, 4.69) is 20.9 Å². The number of nitrogens with zero attached hydrogens (tertiary/aromatic N) is 1. The van der Waals surface area contributed by atoms with Crippen molar-refractivity contribution in [2.45, 2.75) is 84.2 Å². The van der Waals surface area contributed by atoms with Crippen LogP contribution in [0.4, 0.5) is 18.0 Å². The van der Waals surface area contributed by atoms with E-state index in [-0.39, 0.29) is 29.8 Å². The Kier molecular flexibility index (Phi) is 8.40. The van der Waals surface area contributed by atoms with Gasteiger partial charge in [-0.1, -0.05) is 32.0 Å². The lowest BCUT2D eigenvalue weighted by Gasteiger charge is -2.27. The van der Waals surface area contributed by atoms with Crippen molar-refractivity contribution in [1.82, 2.24) is 20.9 Å². The number of fused-ring (bicyclic) bond motifs is 1. The topological polar surface area (TPSA) is 73.5 Å². The predicted octanol–water partition coefficient (Wildman–Crippen LogP) is 4.54. The van der Waals surface area contributed by atoms with E-state index in [0.29, 0.717) is 24.4 Å². The third-order valence-electron chi connectivity index (χ3n) is 6.74. The molecule has 1 heterocycles. The molecule has 3 unspecified atom stereocenters. The molecule has 3 rings (SSSR count). The maximum Gasteiger partial charge on any atom is 0.416 e. The molecule has 6 nitrogen and oxygen atoms in total. The van der Waals surface area contributed by atoms with Crippen LogP contribution in [0, 0.1) is 17.8 Å². The number of benzene rings is 1. The zero-order valence-corrected chi connectivity index (χ0v) is 21.3. The van der Waals surface area contributed by atoms with Gasteiger partial charge in [0.2, 0.25) is 5.91 Å². The van der Waals surface area contributed by atoms with E-state index >= 15 is 0 Å². The van der Waals surface area contributed by atoms with Crippen molar-refractivity contribution in [2.24, 2.45) is 17.8 Å². The van der Waals surface area contributed by atoms with Gasteiger partial charge in [-0.3, -0.25) is 9.69 Å². The van der Waals surface area contributed by atoms with Crippen LogP contribution in [0.25, 0.3) is 0 Å². The number of urea groups is 1. The molecule has 1 saturated carbocycles. The number of nitrogens with one attached hydrogen (secondary N) is 3. The molecular weight excluding hydrogens is 457 g/mol. The van der Waals surface area contributed by atoms with Crippen LogP contribution >= 0.6 is 0 Å². The van der Waals surface area contributed by atoms with Gasteiger partial charge in [-0.05, 0) is 69.4 Å². The van der Waals surface area contributed by atoms with E-state index in [1.807, 2.05) is 34.6 Å². The van der Waals surface area contributed by atoms with Crippen LogP contribution in [0.3, 0.4) is 0 Å². The summed E-state index contributed by atoms with van der Waals surface area (Å²) < 4.78 is 39.2. The van der Waals surface area contributed by atoms with E-state index in [1.54, 1.807) is 6.07 Å². The Balaban J connectivity index is 1.59.